The van der Waals surface area contributed by atoms with E-state index in [9.17, 15) is 4.79 Å². The molecule has 2 heterocycles. The second kappa shape index (κ2) is 6.07. The quantitative estimate of drug-likeness (QED) is 0.692. The Morgan fingerprint density at radius 2 is 2.10 bits per heavy atom. The van der Waals surface area contributed by atoms with Crippen LogP contribution in [0.3, 0.4) is 0 Å². The van der Waals surface area contributed by atoms with Gasteiger partial charge < -0.3 is 9.30 Å². The van der Waals surface area contributed by atoms with Crippen LogP contribution in [0.1, 0.15) is 16.1 Å². The molecular formula is C14H10ClN3O2S. The first kappa shape index (κ1) is 13.8. The molecule has 2 aromatic heterocycles. The van der Waals surface area contributed by atoms with Crippen molar-refractivity contribution in [1.82, 2.24) is 14.2 Å². The summed E-state index contributed by atoms with van der Waals surface area (Å²) in [5.74, 6) is -0.423. The minimum Gasteiger partial charge on any atom is -0.455 e. The molecule has 1 aromatic carbocycles. The molecular weight excluding hydrogens is 310 g/mol. The molecule has 7 heteroatoms. The lowest BCUT2D eigenvalue weighted by Gasteiger charge is -2.06. The van der Waals surface area contributed by atoms with Crippen molar-refractivity contribution in [3.63, 3.8) is 0 Å². The predicted molar refractivity (Wildman–Crippen MR) is 79.8 cm³/mol. The van der Waals surface area contributed by atoms with Gasteiger partial charge in [0, 0.05) is 29.6 Å². The fourth-order valence-electron chi connectivity index (χ4n) is 1.80. The van der Waals surface area contributed by atoms with Gasteiger partial charge in [0.25, 0.3) is 0 Å². The summed E-state index contributed by atoms with van der Waals surface area (Å²) < 4.78 is 11.2. The smallest absolute Gasteiger partial charge is 0.338 e. The van der Waals surface area contributed by atoms with Crippen LogP contribution in [0, 0.1) is 0 Å². The molecule has 0 aliphatic rings. The number of nitrogens with zero attached hydrogens (tertiary/aromatic N) is 3. The van der Waals surface area contributed by atoms with Crippen LogP contribution >= 0.6 is 23.1 Å². The van der Waals surface area contributed by atoms with Crippen LogP contribution in [0.2, 0.25) is 4.34 Å². The van der Waals surface area contributed by atoms with Crippen molar-refractivity contribution in [2.24, 2.45) is 0 Å². The molecule has 0 saturated heterocycles. The fourth-order valence-corrected chi connectivity index (χ4v) is 2.40. The Kier molecular flexibility index (Phi) is 3.98. The van der Waals surface area contributed by atoms with Crippen LogP contribution < -0.4 is 0 Å². The van der Waals surface area contributed by atoms with E-state index in [0.717, 1.165) is 17.2 Å². The summed E-state index contributed by atoms with van der Waals surface area (Å²) in [4.78, 5) is 12.1. The topological polar surface area (TPSA) is 57.0 Å². The van der Waals surface area contributed by atoms with Crippen molar-refractivity contribution in [2.75, 3.05) is 0 Å². The molecule has 0 saturated carbocycles. The number of rotatable bonds is 4. The van der Waals surface area contributed by atoms with Crippen molar-refractivity contribution in [1.29, 1.82) is 0 Å². The zero-order chi connectivity index (χ0) is 14.7. The standard InChI is InChI=1S/C14H10ClN3O2S/c15-13-12(16-17-21-13)9-20-14(19)10-4-3-5-11(8-10)18-6-1-2-7-18/h1-8H,9H2. The van der Waals surface area contributed by atoms with Crippen molar-refractivity contribution in [3.05, 3.63) is 64.4 Å². The third-order valence-corrected chi connectivity index (χ3v) is 3.82. The number of carbonyl (C=O) groups excluding carboxylic acids is 1. The molecule has 0 radical (unpaired) electrons. The SMILES string of the molecule is O=C(OCc1nnsc1Cl)c1cccc(-n2cccc2)c1. The van der Waals surface area contributed by atoms with Gasteiger partial charge in [0.2, 0.25) is 0 Å². The first-order valence-electron chi connectivity index (χ1n) is 6.11. The van der Waals surface area contributed by atoms with Gasteiger partial charge in [-0.25, -0.2) is 4.79 Å². The van der Waals surface area contributed by atoms with E-state index in [0.29, 0.717) is 15.6 Å². The minimum atomic E-state index is -0.423. The molecule has 3 aromatic rings. The van der Waals surface area contributed by atoms with Gasteiger partial charge in [-0.3, -0.25) is 0 Å². The number of aromatic nitrogens is 3. The molecule has 0 amide bonds. The van der Waals surface area contributed by atoms with Crippen LogP contribution in [0.15, 0.2) is 48.8 Å². The van der Waals surface area contributed by atoms with Gasteiger partial charge in [-0.15, -0.1) is 5.10 Å². The van der Waals surface area contributed by atoms with Gasteiger partial charge in [0.05, 0.1) is 5.56 Å². The Morgan fingerprint density at radius 3 is 2.81 bits per heavy atom. The largest absolute Gasteiger partial charge is 0.455 e. The molecule has 0 spiro atoms. The van der Waals surface area contributed by atoms with Crippen LogP contribution in [0.25, 0.3) is 5.69 Å². The Balaban J connectivity index is 1.73. The summed E-state index contributed by atoms with van der Waals surface area (Å²) in [6.45, 7) is 0.0158. The van der Waals surface area contributed by atoms with E-state index < -0.39 is 5.97 Å². The second-order valence-electron chi connectivity index (χ2n) is 4.21. The normalized spacial score (nSPS) is 10.5. The van der Waals surface area contributed by atoms with Crippen LogP contribution in [0.4, 0.5) is 0 Å². The first-order valence-corrected chi connectivity index (χ1v) is 7.26. The number of carbonyl (C=O) groups is 1. The summed E-state index contributed by atoms with van der Waals surface area (Å²) >= 11 is 6.92. The minimum absolute atomic E-state index is 0.0158. The van der Waals surface area contributed by atoms with E-state index in [2.05, 4.69) is 9.59 Å². The van der Waals surface area contributed by atoms with Gasteiger partial charge in [-0.1, -0.05) is 22.2 Å². The highest BCUT2D eigenvalue weighted by Crippen LogP contribution is 2.19. The fraction of sp³-hybridized carbons (Fsp3) is 0.0714. The maximum Gasteiger partial charge on any atom is 0.338 e. The average Bonchev–Trinajstić information content (AvgIpc) is 3.16. The van der Waals surface area contributed by atoms with E-state index in [4.69, 9.17) is 16.3 Å². The molecule has 21 heavy (non-hydrogen) atoms. The van der Waals surface area contributed by atoms with E-state index in [1.165, 1.54) is 0 Å². The number of ether oxygens (including phenoxy) is 1. The maximum atomic E-state index is 12.1. The van der Waals surface area contributed by atoms with E-state index in [-0.39, 0.29) is 6.61 Å². The highest BCUT2D eigenvalue weighted by Gasteiger charge is 2.12. The Bertz CT molecular complexity index is 755. The molecule has 0 atom stereocenters. The zero-order valence-electron chi connectivity index (χ0n) is 10.8. The molecule has 0 aliphatic carbocycles. The van der Waals surface area contributed by atoms with Crippen LogP contribution in [-0.2, 0) is 11.3 Å². The molecule has 0 bridgehead atoms. The molecule has 0 aliphatic heterocycles. The van der Waals surface area contributed by atoms with Gasteiger partial charge in [-0.05, 0) is 30.3 Å². The summed E-state index contributed by atoms with van der Waals surface area (Å²) in [6, 6.07) is 11.0. The van der Waals surface area contributed by atoms with Gasteiger partial charge in [0.1, 0.15) is 16.6 Å². The highest BCUT2D eigenvalue weighted by molar-refractivity contribution is 7.10. The number of hydrogen-bond acceptors (Lipinski definition) is 5. The molecule has 5 nitrogen and oxygen atoms in total. The summed E-state index contributed by atoms with van der Waals surface area (Å²) in [5.41, 5.74) is 1.83. The number of benzene rings is 1. The van der Waals surface area contributed by atoms with Gasteiger partial charge in [-0.2, -0.15) is 0 Å². The zero-order valence-corrected chi connectivity index (χ0v) is 12.3. The maximum absolute atomic E-state index is 12.1. The lowest BCUT2D eigenvalue weighted by molar-refractivity contribution is 0.0468. The summed E-state index contributed by atoms with van der Waals surface area (Å²) in [6.07, 6.45) is 3.82. The van der Waals surface area contributed by atoms with E-state index in [1.54, 1.807) is 12.1 Å². The lowest BCUT2D eigenvalue weighted by Crippen LogP contribution is -2.06. The van der Waals surface area contributed by atoms with Gasteiger partial charge in [0.15, 0.2) is 0 Å². The van der Waals surface area contributed by atoms with E-state index >= 15 is 0 Å². The van der Waals surface area contributed by atoms with Crippen LogP contribution in [-0.4, -0.2) is 20.1 Å². The third-order valence-electron chi connectivity index (χ3n) is 2.83. The first-order chi connectivity index (χ1) is 10.2. The predicted octanol–water partition coefficient (Wildman–Crippen LogP) is 3.34. The molecule has 106 valence electrons. The lowest BCUT2D eigenvalue weighted by atomic mass is 10.2. The number of esters is 1. The average molecular weight is 320 g/mol. The van der Waals surface area contributed by atoms with Crippen LogP contribution in [0.5, 0.6) is 0 Å². The number of halogens is 1. The third kappa shape index (κ3) is 3.12. The second-order valence-corrected chi connectivity index (χ2v) is 5.57. The summed E-state index contributed by atoms with van der Waals surface area (Å²) in [7, 11) is 0. The van der Waals surface area contributed by atoms with Gasteiger partial charge >= 0.3 is 5.97 Å². The van der Waals surface area contributed by atoms with Crippen molar-refractivity contribution >= 4 is 29.1 Å². The Hall–Kier alpha value is -2.18. The Labute approximate surface area is 129 Å². The van der Waals surface area contributed by atoms with Crippen molar-refractivity contribution in [3.8, 4) is 5.69 Å². The molecule has 0 fully saturated rings. The van der Waals surface area contributed by atoms with E-state index in [1.807, 2.05) is 41.2 Å². The monoisotopic (exact) mass is 319 g/mol. The Morgan fingerprint density at radius 1 is 1.29 bits per heavy atom. The highest BCUT2D eigenvalue weighted by atomic mass is 35.5. The number of hydrogen-bond donors (Lipinski definition) is 0. The molecule has 0 N–H and O–H groups in total. The molecule has 3 rings (SSSR count). The summed E-state index contributed by atoms with van der Waals surface area (Å²) in [5, 5.41) is 3.79. The van der Waals surface area contributed by atoms with Crippen molar-refractivity contribution < 1.29 is 9.53 Å². The van der Waals surface area contributed by atoms with Crippen molar-refractivity contribution in [2.45, 2.75) is 6.61 Å². The molecule has 0 unspecified atom stereocenters.